The van der Waals surface area contributed by atoms with E-state index in [9.17, 15) is 14.4 Å². The Kier molecular flexibility index (Phi) is 5.08. The van der Waals surface area contributed by atoms with E-state index < -0.39 is 24.5 Å². The van der Waals surface area contributed by atoms with Crippen molar-refractivity contribution in [2.45, 2.75) is 52.6 Å². The van der Waals surface area contributed by atoms with Crippen molar-refractivity contribution in [3.8, 4) is 0 Å². The maximum Gasteiger partial charge on any atom is 0.340 e. The molecule has 0 bridgehead atoms. The van der Waals surface area contributed by atoms with Crippen molar-refractivity contribution >= 4 is 17.9 Å². The molecule has 1 aromatic rings. The molecule has 0 aliphatic heterocycles. The number of carbonyl (C=O) groups is 3. The summed E-state index contributed by atoms with van der Waals surface area (Å²) in [7, 11) is 0. The van der Waals surface area contributed by atoms with Crippen molar-refractivity contribution in [3.63, 3.8) is 0 Å². The number of rotatable bonds is 5. The Morgan fingerprint density at radius 2 is 1.96 bits per heavy atom. The largest absolute Gasteiger partial charge is 0.452 e. The quantitative estimate of drug-likeness (QED) is 0.810. The van der Waals surface area contributed by atoms with Crippen LogP contribution in [0.4, 0.5) is 4.79 Å². The molecule has 0 unspecified atom stereocenters. The molecule has 1 fully saturated rings. The van der Waals surface area contributed by atoms with Crippen LogP contribution in [0, 0.1) is 13.8 Å². The molecule has 1 aromatic heterocycles. The van der Waals surface area contributed by atoms with Gasteiger partial charge in [-0.1, -0.05) is 0 Å². The number of amides is 3. The van der Waals surface area contributed by atoms with Crippen LogP contribution >= 0.6 is 0 Å². The number of urea groups is 1. The van der Waals surface area contributed by atoms with Gasteiger partial charge in [-0.2, -0.15) is 0 Å². The Morgan fingerprint density at radius 1 is 1.30 bits per heavy atom. The van der Waals surface area contributed by atoms with Crippen LogP contribution in [0.3, 0.4) is 0 Å². The van der Waals surface area contributed by atoms with E-state index in [-0.39, 0.29) is 6.04 Å². The smallest absolute Gasteiger partial charge is 0.340 e. The number of nitrogens with zero attached hydrogens (tertiary/aromatic N) is 1. The molecule has 0 radical (unpaired) electrons. The van der Waals surface area contributed by atoms with Crippen LogP contribution in [0.2, 0.25) is 0 Å². The SMILES string of the molecule is Cc1cc(C(=O)OCC(=O)NC(=O)NC(C)C)c(C)n1C1CC1. The fourth-order valence-electron chi connectivity index (χ4n) is 2.55. The summed E-state index contributed by atoms with van der Waals surface area (Å²) in [6.45, 7) is 6.89. The maximum atomic E-state index is 12.1. The van der Waals surface area contributed by atoms with Gasteiger partial charge in [-0.05, 0) is 46.6 Å². The number of hydrogen-bond acceptors (Lipinski definition) is 4. The lowest BCUT2D eigenvalue weighted by Crippen LogP contribution is -2.44. The molecule has 7 heteroatoms. The van der Waals surface area contributed by atoms with Gasteiger partial charge in [-0.3, -0.25) is 10.1 Å². The van der Waals surface area contributed by atoms with Gasteiger partial charge in [-0.25, -0.2) is 9.59 Å². The third-order valence-corrected chi connectivity index (χ3v) is 3.62. The average Bonchev–Trinajstić information content (AvgIpc) is 3.21. The summed E-state index contributed by atoms with van der Waals surface area (Å²) >= 11 is 0. The second-order valence-electron chi connectivity index (χ2n) is 6.14. The topological polar surface area (TPSA) is 89.4 Å². The van der Waals surface area contributed by atoms with Crippen molar-refractivity contribution < 1.29 is 19.1 Å². The van der Waals surface area contributed by atoms with Gasteiger partial charge in [-0.15, -0.1) is 0 Å². The average molecular weight is 321 g/mol. The molecule has 3 amide bonds. The number of hydrogen-bond donors (Lipinski definition) is 2. The maximum absolute atomic E-state index is 12.1. The summed E-state index contributed by atoms with van der Waals surface area (Å²) in [5, 5.41) is 4.62. The number of ether oxygens (including phenoxy) is 1. The standard InChI is InChI=1S/C16H23N3O4/c1-9(2)17-16(22)18-14(20)8-23-15(21)13-7-10(3)19(11(13)4)12-5-6-12/h7,9,12H,5-6,8H2,1-4H3,(H2,17,18,20,22). The van der Waals surface area contributed by atoms with E-state index in [4.69, 9.17) is 4.74 Å². The molecule has 0 atom stereocenters. The van der Waals surface area contributed by atoms with E-state index in [0.29, 0.717) is 11.6 Å². The molecule has 2 N–H and O–H groups in total. The molecule has 0 saturated heterocycles. The highest BCUT2D eigenvalue weighted by Crippen LogP contribution is 2.38. The molecule has 2 rings (SSSR count). The van der Waals surface area contributed by atoms with Gasteiger partial charge in [0.25, 0.3) is 5.91 Å². The summed E-state index contributed by atoms with van der Waals surface area (Å²) in [6.07, 6.45) is 2.25. The minimum Gasteiger partial charge on any atom is -0.452 e. The third-order valence-electron chi connectivity index (χ3n) is 3.62. The second kappa shape index (κ2) is 6.85. The van der Waals surface area contributed by atoms with Crippen LogP contribution in [0.1, 0.15) is 54.5 Å². The Labute approximate surface area is 135 Å². The highest BCUT2D eigenvalue weighted by atomic mass is 16.5. The molecular weight excluding hydrogens is 298 g/mol. The molecule has 7 nitrogen and oxygen atoms in total. The monoisotopic (exact) mass is 321 g/mol. The van der Waals surface area contributed by atoms with Gasteiger partial charge in [0, 0.05) is 23.5 Å². The number of imide groups is 1. The van der Waals surface area contributed by atoms with Crippen molar-refractivity contribution in [2.24, 2.45) is 0 Å². The minimum absolute atomic E-state index is 0.0850. The molecule has 1 aliphatic rings. The lowest BCUT2D eigenvalue weighted by Gasteiger charge is -2.10. The zero-order chi connectivity index (χ0) is 17.1. The first-order valence-corrected chi connectivity index (χ1v) is 7.75. The predicted octanol–water partition coefficient (Wildman–Crippen LogP) is 1.83. The zero-order valence-corrected chi connectivity index (χ0v) is 13.9. The van der Waals surface area contributed by atoms with E-state index in [0.717, 1.165) is 24.2 Å². The van der Waals surface area contributed by atoms with Crippen LogP contribution in [0.15, 0.2) is 6.07 Å². The molecule has 23 heavy (non-hydrogen) atoms. The summed E-state index contributed by atoms with van der Waals surface area (Å²) < 4.78 is 7.13. The predicted molar refractivity (Wildman–Crippen MR) is 84.3 cm³/mol. The highest BCUT2D eigenvalue weighted by Gasteiger charge is 2.28. The first-order valence-electron chi connectivity index (χ1n) is 7.75. The fraction of sp³-hybridized carbons (Fsp3) is 0.562. The van der Waals surface area contributed by atoms with E-state index >= 15 is 0 Å². The van der Waals surface area contributed by atoms with Crippen LogP contribution in [0.25, 0.3) is 0 Å². The number of aromatic nitrogens is 1. The highest BCUT2D eigenvalue weighted by molar-refractivity contribution is 5.97. The van der Waals surface area contributed by atoms with Crippen LogP contribution < -0.4 is 10.6 Å². The zero-order valence-electron chi connectivity index (χ0n) is 13.9. The fourth-order valence-corrected chi connectivity index (χ4v) is 2.55. The minimum atomic E-state index is -0.660. The van der Waals surface area contributed by atoms with E-state index in [1.807, 2.05) is 13.8 Å². The van der Waals surface area contributed by atoms with E-state index in [2.05, 4.69) is 15.2 Å². The Balaban J connectivity index is 1.89. The molecule has 1 heterocycles. The molecule has 0 spiro atoms. The Hall–Kier alpha value is -2.31. The third kappa shape index (κ3) is 4.34. The van der Waals surface area contributed by atoms with Crippen LogP contribution in [-0.2, 0) is 9.53 Å². The second-order valence-corrected chi connectivity index (χ2v) is 6.14. The van der Waals surface area contributed by atoms with Gasteiger partial charge in [0.05, 0.1) is 5.56 Å². The van der Waals surface area contributed by atoms with Crippen molar-refractivity contribution in [1.82, 2.24) is 15.2 Å². The Bertz CT molecular complexity index is 630. The van der Waals surface area contributed by atoms with Gasteiger partial charge in [0.1, 0.15) is 0 Å². The van der Waals surface area contributed by atoms with Crippen molar-refractivity contribution in [1.29, 1.82) is 0 Å². The summed E-state index contributed by atoms with van der Waals surface area (Å²) in [6, 6.07) is 1.56. The van der Waals surface area contributed by atoms with E-state index in [1.54, 1.807) is 19.9 Å². The Morgan fingerprint density at radius 3 is 2.52 bits per heavy atom. The first-order chi connectivity index (χ1) is 10.8. The summed E-state index contributed by atoms with van der Waals surface area (Å²) in [4.78, 5) is 35.1. The van der Waals surface area contributed by atoms with Gasteiger partial charge in [0.2, 0.25) is 0 Å². The first kappa shape index (κ1) is 17.1. The molecule has 0 aromatic carbocycles. The lowest BCUT2D eigenvalue weighted by atomic mass is 10.2. The molecular formula is C16H23N3O4. The summed E-state index contributed by atoms with van der Waals surface area (Å²) in [5.41, 5.74) is 2.33. The molecule has 126 valence electrons. The number of aryl methyl sites for hydroxylation is 1. The lowest BCUT2D eigenvalue weighted by molar-refractivity contribution is -0.123. The van der Waals surface area contributed by atoms with Crippen LogP contribution in [-0.4, -0.2) is 35.1 Å². The molecule has 1 aliphatic carbocycles. The van der Waals surface area contributed by atoms with Crippen molar-refractivity contribution in [3.05, 3.63) is 23.0 Å². The van der Waals surface area contributed by atoms with Crippen molar-refractivity contribution in [2.75, 3.05) is 6.61 Å². The molecule has 1 saturated carbocycles. The number of carbonyl (C=O) groups excluding carboxylic acids is 3. The number of esters is 1. The van der Waals surface area contributed by atoms with Gasteiger partial charge < -0.3 is 14.6 Å². The van der Waals surface area contributed by atoms with Gasteiger partial charge >= 0.3 is 12.0 Å². The van der Waals surface area contributed by atoms with E-state index in [1.165, 1.54) is 0 Å². The van der Waals surface area contributed by atoms with Gasteiger partial charge in [0.15, 0.2) is 6.61 Å². The number of nitrogens with one attached hydrogen (secondary N) is 2. The normalized spacial score (nSPS) is 13.8. The summed E-state index contributed by atoms with van der Waals surface area (Å²) in [5.74, 6) is -1.21. The van der Waals surface area contributed by atoms with Crippen LogP contribution in [0.5, 0.6) is 0 Å².